The molecule has 5 rings (SSSR count). The minimum Gasteiger partial charge on any atom is -0.481 e. The summed E-state index contributed by atoms with van der Waals surface area (Å²) in [6.45, 7) is 15.5. The Morgan fingerprint density at radius 1 is 0.941 bits per heavy atom. The Labute approximate surface area is 204 Å². The molecule has 3 fully saturated rings. The summed E-state index contributed by atoms with van der Waals surface area (Å²) in [5.74, 6) is -0.882. The van der Waals surface area contributed by atoms with Crippen LogP contribution in [0, 0.1) is 50.2 Å². The van der Waals surface area contributed by atoms with Gasteiger partial charge in [0.25, 0.3) is 0 Å². The van der Waals surface area contributed by atoms with Crippen molar-refractivity contribution in [1.29, 1.82) is 0 Å². The molecule has 5 aliphatic carbocycles. The number of carboxylic acids is 1. The first-order valence-electron chi connectivity index (χ1n) is 13.3. The molecular formula is C30H42O4. The molecular weight excluding hydrogens is 424 g/mol. The summed E-state index contributed by atoms with van der Waals surface area (Å²) < 4.78 is 0. The van der Waals surface area contributed by atoms with E-state index in [0.29, 0.717) is 12.8 Å². The number of hydrogen-bond donors (Lipinski definition) is 1. The van der Waals surface area contributed by atoms with E-state index in [1.165, 1.54) is 0 Å². The molecule has 0 aromatic carbocycles. The molecule has 3 saturated carbocycles. The predicted octanol–water partition coefficient (Wildman–Crippen LogP) is 6.40. The van der Waals surface area contributed by atoms with Crippen LogP contribution in [0.25, 0.3) is 0 Å². The van der Waals surface area contributed by atoms with E-state index in [0.717, 1.165) is 37.7 Å². The maximum Gasteiger partial charge on any atom is 0.310 e. The molecule has 0 heterocycles. The van der Waals surface area contributed by atoms with E-state index in [-0.39, 0.29) is 51.0 Å². The highest BCUT2D eigenvalue weighted by atomic mass is 16.4. The minimum absolute atomic E-state index is 0.0568. The summed E-state index contributed by atoms with van der Waals surface area (Å²) in [7, 11) is 0. The lowest BCUT2D eigenvalue weighted by Gasteiger charge is -2.68. The molecule has 1 N–H and O–H groups in total. The molecule has 0 spiro atoms. The van der Waals surface area contributed by atoms with Gasteiger partial charge in [0.05, 0.1) is 5.41 Å². The van der Waals surface area contributed by atoms with Crippen molar-refractivity contribution in [3.63, 3.8) is 0 Å². The second kappa shape index (κ2) is 6.73. The third-order valence-electron chi connectivity index (χ3n) is 12.0. The average Bonchev–Trinajstić information content (AvgIpc) is 2.72. The summed E-state index contributed by atoms with van der Waals surface area (Å²) >= 11 is 0. The number of carboxylic acid groups (broad SMARTS) is 1. The fourth-order valence-electron chi connectivity index (χ4n) is 9.77. The minimum atomic E-state index is -0.767. The predicted molar refractivity (Wildman–Crippen MR) is 132 cm³/mol. The van der Waals surface area contributed by atoms with E-state index in [2.05, 4.69) is 48.5 Å². The van der Waals surface area contributed by atoms with E-state index in [1.807, 2.05) is 12.2 Å². The van der Waals surface area contributed by atoms with Gasteiger partial charge in [0.2, 0.25) is 0 Å². The van der Waals surface area contributed by atoms with Gasteiger partial charge in [-0.3, -0.25) is 14.4 Å². The molecule has 5 aliphatic rings. The Hall–Kier alpha value is -1.71. The fourth-order valence-corrected chi connectivity index (χ4v) is 9.77. The summed E-state index contributed by atoms with van der Waals surface area (Å²) in [4.78, 5) is 40.5. The standard InChI is InChI=1S/C30H42O4/c1-25(2)12-14-30(24(33)34)15-13-27(5)18(19(30)17-25)16-20(31)23-28(27,6)11-8-21-26(3,4)10-9-22(32)29(21,23)7/h9-10,16,19,21,23H,8,11-15,17H2,1-7H3,(H,33,34)/t19?,21?,23?,27-,28-,29-,30+/m1/s1. The van der Waals surface area contributed by atoms with Gasteiger partial charge in [-0.2, -0.15) is 0 Å². The third-order valence-corrected chi connectivity index (χ3v) is 12.0. The SMILES string of the molecule is CC1(C)CC[C@]2(C(=O)O)CC[C@]3(C)C(=CC(=O)C4[C@@]5(C)C(=O)C=CC(C)(C)C5CC[C@]43C)C2C1. The van der Waals surface area contributed by atoms with Crippen molar-refractivity contribution in [2.45, 2.75) is 93.4 Å². The van der Waals surface area contributed by atoms with Crippen LogP contribution in [0.2, 0.25) is 0 Å². The second-order valence-electron chi connectivity index (χ2n) is 14.5. The molecule has 0 aromatic rings. The number of fused-ring (bicyclic) bond motifs is 7. The van der Waals surface area contributed by atoms with Crippen molar-refractivity contribution in [3.05, 3.63) is 23.8 Å². The van der Waals surface area contributed by atoms with E-state index >= 15 is 0 Å². The van der Waals surface area contributed by atoms with Gasteiger partial charge in [-0.25, -0.2) is 0 Å². The highest BCUT2D eigenvalue weighted by Gasteiger charge is 2.71. The maximum absolute atomic E-state index is 14.2. The van der Waals surface area contributed by atoms with Crippen molar-refractivity contribution in [2.75, 3.05) is 0 Å². The van der Waals surface area contributed by atoms with E-state index in [9.17, 15) is 19.5 Å². The molecule has 4 heteroatoms. The zero-order valence-electron chi connectivity index (χ0n) is 22.1. The maximum atomic E-state index is 14.2. The zero-order chi connectivity index (χ0) is 25.1. The summed E-state index contributed by atoms with van der Waals surface area (Å²) in [6.07, 6.45) is 11.3. The summed E-state index contributed by atoms with van der Waals surface area (Å²) in [5.41, 5.74) is -1.12. The molecule has 0 aliphatic heterocycles. The first kappa shape index (κ1) is 24.0. The van der Waals surface area contributed by atoms with Crippen LogP contribution < -0.4 is 0 Å². The van der Waals surface area contributed by atoms with Gasteiger partial charge in [0, 0.05) is 11.3 Å². The highest BCUT2D eigenvalue weighted by molar-refractivity contribution is 6.04. The number of aliphatic carboxylic acids is 1. The number of hydrogen-bond acceptors (Lipinski definition) is 3. The van der Waals surface area contributed by atoms with Gasteiger partial charge < -0.3 is 5.11 Å². The van der Waals surface area contributed by atoms with Crippen molar-refractivity contribution < 1.29 is 19.5 Å². The Balaban J connectivity index is 1.69. The van der Waals surface area contributed by atoms with Crippen LogP contribution in [0.15, 0.2) is 23.8 Å². The number of ketones is 2. The molecule has 0 aromatic heterocycles. The van der Waals surface area contributed by atoms with Crippen LogP contribution in [0.1, 0.15) is 93.4 Å². The molecule has 34 heavy (non-hydrogen) atoms. The van der Waals surface area contributed by atoms with Gasteiger partial charge in [-0.1, -0.05) is 60.1 Å². The van der Waals surface area contributed by atoms with Crippen LogP contribution in [0.3, 0.4) is 0 Å². The van der Waals surface area contributed by atoms with Gasteiger partial charge >= 0.3 is 5.97 Å². The Bertz CT molecular complexity index is 1050. The van der Waals surface area contributed by atoms with Gasteiger partial charge in [-0.05, 0) is 90.6 Å². The first-order valence-corrected chi connectivity index (χ1v) is 13.3. The first-order chi connectivity index (χ1) is 15.6. The van der Waals surface area contributed by atoms with E-state index in [4.69, 9.17) is 0 Å². The van der Waals surface area contributed by atoms with E-state index in [1.54, 1.807) is 6.08 Å². The molecule has 186 valence electrons. The summed E-state index contributed by atoms with van der Waals surface area (Å²) in [5, 5.41) is 10.5. The molecule has 0 radical (unpaired) electrons. The van der Waals surface area contributed by atoms with Crippen molar-refractivity contribution in [1.82, 2.24) is 0 Å². The van der Waals surface area contributed by atoms with Gasteiger partial charge in [0.15, 0.2) is 11.6 Å². The smallest absolute Gasteiger partial charge is 0.310 e. The highest BCUT2D eigenvalue weighted by Crippen LogP contribution is 2.74. The molecule has 0 amide bonds. The van der Waals surface area contributed by atoms with Crippen LogP contribution in [-0.2, 0) is 14.4 Å². The Morgan fingerprint density at radius 3 is 2.24 bits per heavy atom. The number of rotatable bonds is 1. The third kappa shape index (κ3) is 2.69. The summed E-state index contributed by atoms with van der Waals surface area (Å²) in [6, 6.07) is 0. The Morgan fingerprint density at radius 2 is 1.59 bits per heavy atom. The average molecular weight is 467 g/mol. The van der Waals surface area contributed by atoms with Crippen LogP contribution >= 0.6 is 0 Å². The lowest BCUT2D eigenvalue weighted by molar-refractivity contribution is -0.184. The van der Waals surface area contributed by atoms with Crippen molar-refractivity contribution >= 4 is 17.5 Å². The molecule has 7 atom stereocenters. The topological polar surface area (TPSA) is 71.4 Å². The number of allylic oxidation sites excluding steroid dienone is 4. The quantitative estimate of drug-likeness (QED) is 0.485. The monoisotopic (exact) mass is 466 g/mol. The van der Waals surface area contributed by atoms with Crippen LogP contribution in [0.4, 0.5) is 0 Å². The van der Waals surface area contributed by atoms with Gasteiger partial charge in [-0.15, -0.1) is 0 Å². The zero-order valence-corrected chi connectivity index (χ0v) is 22.1. The Kier molecular flexibility index (Phi) is 4.75. The van der Waals surface area contributed by atoms with Crippen molar-refractivity contribution in [3.8, 4) is 0 Å². The lowest BCUT2D eigenvalue weighted by atomic mass is 9.34. The molecule has 0 saturated heterocycles. The number of carbonyl (C=O) groups excluding carboxylic acids is 2. The molecule has 4 nitrogen and oxygen atoms in total. The molecule has 0 bridgehead atoms. The normalized spacial score (nSPS) is 48.7. The lowest BCUT2D eigenvalue weighted by Crippen LogP contribution is -2.67. The van der Waals surface area contributed by atoms with Crippen molar-refractivity contribution in [2.24, 2.45) is 50.2 Å². The van der Waals surface area contributed by atoms with Crippen LogP contribution in [0.5, 0.6) is 0 Å². The van der Waals surface area contributed by atoms with Gasteiger partial charge in [0.1, 0.15) is 0 Å². The largest absolute Gasteiger partial charge is 0.481 e. The van der Waals surface area contributed by atoms with E-state index < -0.39 is 16.8 Å². The van der Waals surface area contributed by atoms with Crippen LogP contribution in [-0.4, -0.2) is 22.6 Å². The number of carbonyl (C=O) groups is 3. The second-order valence-corrected chi connectivity index (χ2v) is 14.5. The molecule has 3 unspecified atom stereocenters. The fraction of sp³-hybridized carbons (Fsp3) is 0.767.